The van der Waals surface area contributed by atoms with Crippen molar-refractivity contribution in [2.24, 2.45) is 0 Å². The van der Waals surface area contributed by atoms with E-state index in [2.05, 4.69) is 27.0 Å². The van der Waals surface area contributed by atoms with Crippen LogP contribution in [0.3, 0.4) is 0 Å². The molecule has 19 heavy (non-hydrogen) atoms. The van der Waals surface area contributed by atoms with Crippen molar-refractivity contribution in [2.75, 3.05) is 20.3 Å². The molecule has 0 saturated heterocycles. The molecule has 0 aliphatic rings. The van der Waals surface area contributed by atoms with Crippen LogP contribution in [-0.4, -0.2) is 25.3 Å². The molecule has 1 aromatic carbocycles. The van der Waals surface area contributed by atoms with Crippen molar-refractivity contribution in [3.8, 4) is 17.0 Å². The smallest absolute Gasteiger partial charge is 0.113 e. The van der Waals surface area contributed by atoms with E-state index in [-0.39, 0.29) is 20.4 Å². The number of aromatic nitrogens is 1. The van der Waals surface area contributed by atoms with Crippen LogP contribution in [0.15, 0.2) is 41.0 Å². The summed E-state index contributed by atoms with van der Waals surface area (Å²) in [5.74, 6) is 0.783. The average Bonchev–Trinajstić information content (AvgIpc) is 2.39. The number of ether oxygens (including phenoxy) is 2. The molecule has 0 unspecified atom stereocenters. The Morgan fingerprint density at radius 2 is 2.11 bits per heavy atom. The van der Waals surface area contributed by atoms with Crippen molar-refractivity contribution >= 4 is 15.9 Å². The molecule has 0 aliphatic carbocycles. The van der Waals surface area contributed by atoms with Crippen LogP contribution in [-0.2, 0) is 25.2 Å². The maximum Gasteiger partial charge on any atom is 0.113 e. The van der Waals surface area contributed by atoms with Crippen molar-refractivity contribution < 1.29 is 29.9 Å². The Morgan fingerprint density at radius 1 is 1.26 bits per heavy atom. The second kappa shape index (κ2) is 8.44. The van der Waals surface area contributed by atoms with Crippen LogP contribution in [0.5, 0.6) is 5.75 Å². The molecule has 3 nitrogen and oxygen atoms in total. The van der Waals surface area contributed by atoms with Crippen molar-refractivity contribution in [3.63, 3.8) is 0 Å². The third-order valence-corrected chi connectivity index (χ3v) is 2.82. The van der Waals surface area contributed by atoms with Crippen LogP contribution in [0.4, 0.5) is 0 Å². The Labute approximate surface area is 135 Å². The number of hydrogen-bond donors (Lipinski definition) is 0. The zero-order valence-electron chi connectivity index (χ0n) is 10.3. The van der Waals surface area contributed by atoms with Gasteiger partial charge in [0.15, 0.2) is 0 Å². The van der Waals surface area contributed by atoms with Gasteiger partial charge < -0.3 is 14.5 Å². The van der Waals surface area contributed by atoms with Crippen LogP contribution in [0, 0.1) is 6.07 Å². The molecule has 0 N–H and O–H groups in total. The predicted octanol–water partition coefficient (Wildman–Crippen LogP) is 3.33. The van der Waals surface area contributed by atoms with Crippen molar-refractivity contribution in [1.29, 1.82) is 0 Å². The van der Waals surface area contributed by atoms with Crippen LogP contribution >= 0.6 is 15.9 Å². The molecule has 0 amide bonds. The van der Waals surface area contributed by atoms with Gasteiger partial charge in [0.05, 0.1) is 6.61 Å². The second-order valence-electron chi connectivity index (χ2n) is 3.64. The Balaban J connectivity index is 0.00000180. The minimum Gasteiger partial charge on any atom is -0.492 e. The molecule has 0 spiro atoms. The maximum absolute atomic E-state index is 5.55. The number of nitrogens with zero attached hydrogens (tertiary/aromatic N) is 1. The average molecular weight is 414 g/mol. The fourth-order valence-corrected chi connectivity index (χ4v) is 1.84. The van der Waals surface area contributed by atoms with Gasteiger partial charge in [-0.25, -0.2) is 0 Å². The monoisotopic (exact) mass is 412 g/mol. The van der Waals surface area contributed by atoms with Crippen molar-refractivity contribution in [2.45, 2.75) is 0 Å². The van der Waals surface area contributed by atoms with Gasteiger partial charge >= 0.3 is 0 Å². The number of benzene rings is 1. The number of halogens is 1. The second-order valence-corrected chi connectivity index (χ2v) is 4.55. The van der Waals surface area contributed by atoms with Gasteiger partial charge in [-0.15, -0.1) is 29.8 Å². The number of hydrogen-bond acceptors (Lipinski definition) is 3. The zero-order valence-corrected chi connectivity index (χ0v) is 13.5. The largest absolute Gasteiger partial charge is 0.492 e. The molecule has 1 heterocycles. The third kappa shape index (κ3) is 5.04. The molecule has 104 valence electrons. The summed E-state index contributed by atoms with van der Waals surface area (Å²) in [6.07, 6.45) is 1.73. The Bertz CT molecular complexity index is 522. The summed E-state index contributed by atoms with van der Waals surface area (Å²) in [5, 5.41) is 0. The van der Waals surface area contributed by atoms with E-state index in [9.17, 15) is 0 Å². The fourth-order valence-electron chi connectivity index (χ4n) is 1.48. The molecule has 0 atom stereocenters. The van der Waals surface area contributed by atoms with Crippen molar-refractivity contribution in [3.05, 3.63) is 47.1 Å². The van der Waals surface area contributed by atoms with Crippen LogP contribution < -0.4 is 4.74 Å². The minimum atomic E-state index is 0. The summed E-state index contributed by atoms with van der Waals surface area (Å²) in [5.41, 5.74) is 1.77. The first-order valence-electron chi connectivity index (χ1n) is 5.55. The standard InChI is InChI=1S/C14H13BrNO2.Pd/c1-17-7-8-18-13-5-6-16-14(10-13)11-3-2-4-12(15)9-11;/h2,4-6,9-10H,7-8H2,1H3;/q-1;. The first-order valence-corrected chi connectivity index (χ1v) is 6.34. The van der Waals surface area contributed by atoms with E-state index in [0.717, 1.165) is 21.5 Å². The summed E-state index contributed by atoms with van der Waals surface area (Å²) in [6.45, 7) is 1.10. The van der Waals surface area contributed by atoms with E-state index in [1.165, 1.54) is 0 Å². The van der Waals surface area contributed by atoms with Gasteiger partial charge in [0, 0.05) is 33.7 Å². The zero-order chi connectivity index (χ0) is 12.8. The molecular formula is C14H13BrNO2Pd-. The molecule has 1 aromatic heterocycles. The molecular weight excluding hydrogens is 400 g/mol. The molecule has 0 fully saturated rings. The van der Waals surface area contributed by atoms with Crippen LogP contribution in [0.25, 0.3) is 11.3 Å². The van der Waals surface area contributed by atoms with Gasteiger partial charge in [-0.3, -0.25) is 0 Å². The molecule has 2 aromatic rings. The van der Waals surface area contributed by atoms with E-state index < -0.39 is 0 Å². The van der Waals surface area contributed by atoms with Gasteiger partial charge in [0.25, 0.3) is 0 Å². The van der Waals surface area contributed by atoms with Gasteiger partial charge in [-0.1, -0.05) is 20.4 Å². The van der Waals surface area contributed by atoms with Gasteiger partial charge in [-0.2, -0.15) is 0 Å². The van der Waals surface area contributed by atoms with Gasteiger partial charge in [0.1, 0.15) is 12.4 Å². The molecule has 0 saturated carbocycles. The first kappa shape index (κ1) is 16.3. The molecule has 0 radical (unpaired) electrons. The predicted molar refractivity (Wildman–Crippen MR) is 73.6 cm³/mol. The minimum absolute atomic E-state index is 0. The summed E-state index contributed by atoms with van der Waals surface area (Å²) < 4.78 is 11.5. The quantitative estimate of drug-likeness (QED) is 0.428. The number of methoxy groups -OCH3 is 1. The van der Waals surface area contributed by atoms with Crippen LogP contribution in [0.1, 0.15) is 0 Å². The number of pyridine rings is 1. The Morgan fingerprint density at radius 3 is 2.84 bits per heavy atom. The third-order valence-electron chi connectivity index (χ3n) is 2.33. The van der Waals surface area contributed by atoms with E-state index in [1.54, 1.807) is 13.3 Å². The molecule has 0 aliphatic heterocycles. The van der Waals surface area contributed by atoms with E-state index in [1.807, 2.05) is 30.3 Å². The molecule has 5 heteroatoms. The maximum atomic E-state index is 5.55. The SMILES string of the molecule is COCCOc1ccnc(-c2[c-]ccc(Br)c2)c1.[Pd]. The Hall–Kier alpha value is -0.728. The summed E-state index contributed by atoms with van der Waals surface area (Å²) >= 11 is 3.43. The first-order chi connectivity index (χ1) is 8.79. The van der Waals surface area contributed by atoms with Crippen LogP contribution in [0.2, 0.25) is 0 Å². The molecule has 0 bridgehead atoms. The normalized spacial score (nSPS) is 9.79. The summed E-state index contributed by atoms with van der Waals surface area (Å²) in [4.78, 5) is 4.32. The number of rotatable bonds is 5. The Kier molecular flexibility index (Phi) is 7.26. The van der Waals surface area contributed by atoms with Gasteiger partial charge in [0.2, 0.25) is 0 Å². The fraction of sp³-hybridized carbons (Fsp3) is 0.214. The topological polar surface area (TPSA) is 31.4 Å². The van der Waals surface area contributed by atoms with E-state index in [4.69, 9.17) is 9.47 Å². The van der Waals surface area contributed by atoms with E-state index in [0.29, 0.717) is 13.2 Å². The van der Waals surface area contributed by atoms with Gasteiger partial charge in [-0.05, 0) is 17.8 Å². The van der Waals surface area contributed by atoms with Crippen molar-refractivity contribution in [1.82, 2.24) is 4.98 Å². The van der Waals surface area contributed by atoms with E-state index >= 15 is 0 Å². The summed E-state index contributed by atoms with van der Waals surface area (Å²) in [7, 11) is 1.65. The summed E-state index contributed by atoms with van der Waals surface area (Å²) in [6, 6.07) is 12.6. The molecule has 2 rings (SSSR count).